The van der Waals surface area contributed by atoms with Crippen molar-refractivity contribution in [1.82, 2.24) is 15.1 Å². The number of hydrogen-bond donors (Lipinski definition) is 1. The molecular formula is C17H23N3O. The highest BCUT2D eigenvalue weighted by Crippen LogP contribution is 2.19. The Bertz CT molecular complexity index is 602. The summed E-state index contributed by atoms with van der Waals surface area (Å²) in [7, 11) is 0. The van der Waals surface area contributed by atoms with Crippen molar-refractivity contribution < 1.29 is 4.79 Å². The summed E-state index contributed by atoms with van der Waals surface area (Å²) in [6, 6.07) is 10.1. The van der Waals surface area contributed by atoms with Gasteiger partial charge in [0.15, 0.2) is 0 Å². The lowest BCUT2D eigenvalue weighted by atomic mass is 10.1. The molecular weight excluding hydrogens is 262 g/mol. The number of carbonyl (C=O) groups is 1. The van der Waals surface area contributed by atoms with Gasteiger partial charge in [-0.1, -0.05) is 25.1 Å². The Balaban J connectivity index is 2.11. The van der Waals surface area contributed by atoms with Crippen molar-refractivity contribution in [3.8, 4) is 5.69 Å². The van der Waals surface area contributed by atoms with Gasteiger partial charge >= 0.3 is 0 Å². The van der Waals surface area contributed by atoms with Gasteiger partial charge in [0.1, 0.15) is 0 Å². The van der Waals surface area contributed by atoms with Crippen LogP contribution in [0.1, 0.15) is 36.7 Å². The van der Waals surface area contributed by atoms with E-state index in [4.69, 9.17) is 0 Å². The van der Waals surface area contributed by atoms with Crippen molar-refractivity contribution in [2.24, 2.45) is 0 Å². The lowest BCUT2D eigenvalue weighted by molar-refractivity contribution is -0.121. The van der Waals surface area contributed by atoms with E-state index in [0.29, 0.717) is 6.42 Å². The molecule has 0 spiro atoms. The first-order valence-corrected chi connectivity index (χ1v) is 7.50. The third-order valence-electron chi connectivity index (χ3n) is 3.62. The molecule has 1 heterocycles. The molecule has 4 heteroatoms. The largest absolute Gasteiger partial charge is 0.356 e. The zero-order chi connectivity index (χ0) is 15.2. The highest BCUT2D eigenvalue weighted by Gasteiger charge is 2.13. The molecule has 0 aliphatic heterocycles. The third-order valence-corrected chi connectivity index (χ3v) is 3.62. The van der Waals surface area contributed by atoms with E-state index in [1.54, 1.807) is 0 Å². The number of hydrogen-bond acceptors (Lipinski definition) is 2. The van der Waals surface area contributed by atoms with E-state index in [1.165, 1.54) is 5.56 Å². The molecule has 0 aliphatic carbocycles. The minimum absolute atomic E-state index is 0.114. The Hall–Kier alpha value is -2.10. The van der Waals surface area contributed by atoms with Crippen molar-refractivity contribution in [1.29, 1.82) is 0 Å². The monoisotopic (exact) mass is 285 g/mol. The molecule has 4 nitrogen and oxygen atoms in total. The van der Waals surface area contributed by atoms with Crippen molar-refractivity contribution in [3.63, 3.8) is 0 Å². The van der Waals surface area contributed by atoms with Gasteiger partial charge in [-0.25, -0.2) is 4.68 Å². The number of amides is 1. The van der Waals surface area contributed by atoms with Crippen LogP contribution in [-0.2, 0) is 11.2 Å². The lowest BCUT2D eigenvalue weighted by Gasteiger charge is -2.06. The highest BCUT2D eigenvalue weighted by atomic mass is 16.1. The van der Waals surface area contributed by atoms with Gasteiger partial charge in [-0.3, -0.25) is 4.79 Å². The normalized spacial score (nSPS) is 10.6. The summed E-state index contributed by atoms with van der Waals surface area (Å²) in [5.74, 6) is 0.114. The standard InChI is InChI=1S/C17H23N3O/c1-4-12-18-17(21)11-10-16-13(2)19-20(14(16)3)15-8-6-5-7-9-15/h5-9H,4,10-12H2,1-3H3,(H,18,21). The predicted molar refractivity (Wildman–Crippen MR) is 84.7 cm³/mol. The summed E-state index contributed by atoms with van der Waals surface area (Å²) in [6.45, 7) is 6.87. The number of carbonyl (C=O) groups excluding carboxylic acids is 1. The maximum atomic E-state index is 11.7. The van der Waals surface area contributed by atoms with E-state index in [2.05, 4.69) is 24.3 Å². The van der Waals surface area contributed by atoms with Crippen LogP contribution in [-0.4, -0.2) is 22.2 Å². The van der Waals surface area contributed by atoms with Crippen LogP contribution in [0.15, 0.2) is 30.3 Å². The molecule has 1 N–H and O–H groups in total. The number of nitrogens with zero attached hydrogens (tertiary/aromatic N) is 2. The Morgan fingerprint density at radius 1 is 1.24 bits per heavy atom. The smallest absolute Gasteiger partial charge is 0.220 e. The number of para-hydroxylation sites is 1. The Kier molecular flexibility index (Phi) is 5.14. The molecule has 1 aromatic carbocycles. The van der Waals surface area contributed by atoms with Crippen LogP contribution in [0.4, 0.5) is 0 Å². The average molecular weight is 285 g/mol. The van der Waals surface area contributed by atoms with Crippen LogP contribution in [0.25, 0.3) is 5.69 Å². The van der Waals surface area contributed by atoms with Crippen LogP contribution in [0.3, 0.4) is 0 Å². The molecule has 0 aliphatic rings. The molecule has 2 aromatic rings. The molecule has 0 bridgehead atoms. The fourth-order valence-electron chi connectivity index (χ4n) is 2.45. The van der Waals surface area contributed by atoms with Gasteiger partial charge in [0.05, 0.1) is 11.4 Å². The van der Waals surface area contributed by atoms with Gasteiger partial charge in [0.25, 0.3) is 0 Å². The van der Waals surface area contributed by atoms with Gasteiger partial charge in [0.2, 0.25) is 5.91 Å². The molecule has 0 radical (unpaired) electrons. The van der Waals surface area contributed by atoms with Crippen LogP contribution < -0.4 is 5.32 Å². The molecule has 21 heavy (non-hydrogen) atoms. The number of aryl methyl sites for hydroxylation is 1. The van der Waals surface area contributed by atoms with E-state index in [9.17, 15) is 4.79 Å². The fourth-order valence-corrected chi connectivity index (χ4v) is 2.45. The number of aromatic nitrogens is 2. The zero-order valence-electron chi connectivity index (χ0n) is 13.0. The topological polar surface area (TPSA) is 46.9 Å². The highest BCUT2D eigenvalue weighted by molar-refractivity contribution is 5.76. The summed E-state index contributed by atoms with van der Waals surface area (Å²) in [6.07, 6.45) is 2.22. The zero-order valence-corrected chi connectivity index (χ0v) is 13.0. The van der Waals surface area contributed by atoms with Gasteiger partial charge in [-0.2, -0.15) is 5.10 Å². The molecule has 1 aromatic heterocycles. The minimum Gasteiger partial charge on any atom is -0.356 e. The molecule has 0 saturated heterocycles. The Labute approximate surface area is 126 Å². The van der Waals surface area contributed by atoms with Gasteiger partial charge in [-0.15, -0.1) is 0 Å². The average Bonchev–Trinajstić information content (AvgIpc) is 2.79. The molecule has 0 atom stereocenters. The molecule has 2 rings (SSSR count). The first kappa shape index (κ1) is 15.3. The van der Waals surface area contributed by atoms with Crippen molar-refractivity contribution in [2.75, 3.05) is 6.54 Å². The lowest BCUT2D eigenvalue weighted by Crippen LogP contribution is -2.24. The molecule has 112 valence electrons. The summed E-state index contributed by atoms with van der Waals surface area (Å²) in [5, 5.41) is 7.52. The summed E-state index contributed by atoms with van der Waals surface area (Å²) in [5.41, 5.74) is 4.34. The minimum atomic E-state index is 0.114. The van der Waals surface area contributed by atoms with Crippen LogP contribution in [0, 0.1) is 13.8 Å². The van der Waals surface area contributed by atoms with Crippen molar-refractivity contribution in [3.05, 3.63) is 47.3 Å². The number of benzene rings is 1. The Morgan fingerprint density at radius 3 is 2.62 bits per heavy atom. The molecule has 0 fully saturated rings. The van der Waals surface area contributed by atoms with Crippen LogP contribution >= 0.6 is 0 Å². The number of rotatable bonds is 6. The first-order chi connectivity index (χ1) is 10.1. The number of nitrogens with one attached hydrogen (secondary N) is 1. The second-order valence-electron chi connectivity index (χ2n) is 5.25. The second kappa shape index (κ2) is 7.07. The van der Waals surface area contributed by atoms with Gasteiger partial charge in [-0.05, 0) is 44.4 Å². The maximum Gasteiger partial charge on any atom is 0.220 e. The SMILES string of the molecule is CCCNC(=O)CCc1c(C)nn(-c2ccccc2)c1C. The van der Waals surface area contributed by atoms with Crippen LogP contribution in [0.5, 0.6) is 0 Å². The van der Waals surface area contributed by atoms with E-state index in [0.717, 1.165) is 36.5 Å². The van der Waals surface area contributed by atoms with E-state index < -0.39 is 0 Å². The molecule has 1 amide bonds. The van der Waals surface area contributed by atoms with Gasteiger partial charge < -0.3 is 5.32 Å². The van der Waals surface area contributed by atoms with Crippen molar-refractivity contribution in [2.45, 2.75) is 40.0 Å². The Morgan fingerprint density at radius 2 is 1.95 bits per heavy atom. The fraction of sp³-hybridized carbons (Fsp3) is 0.412. The molecule has 0 saturated carbocycles. The van der Waals surface area contributed by atoms with E-state index in [1.807, 2.05) is 41.9 Å². The third kappa shape index (κ3) is 3.72. The van der Waals surface area contributed by atoms with E-state index >= 15 is 0 Å². The molecule has 0 unspecified atom stereocenters. The first-order valence-electron chi connectivity index (χ1n) is 7.50. The maximum absolute atomic E-state index is 11.7. The van der Waals surface area contributed by atoms with E-state index in [-0.39, 0.29) is 5.91 Å². The summed E-state index contributed by atoms with van der Waals surface area (Å²) >= 11 is 0. The quantitative estimate of drug-likeness (QED) is 0.887. The predicted octanol–water partition coefficient (Wildman–Crippen LogP) is 2.95. The second-order valence-corrected chi connectivity index (χ2v) is 5.25. The van der Waals surface area contributed by atoms with Crippen LogP contribution in [0.2, 0.25) is 0 Å². The summed E-state index contributed by atoms with van der Waals surface area (Å²) in [4.78, 5) is 11.7. The summed E-state index contributed by atoms with van der Waals surface area (Å²) < 4.78 is 1.95. The van der Waals surface area contributed by atoms with Crippen molar-refractivity contribution >= 4 is 5.91 Å². The van der Waals surface area contributed by atoms with Gasteiger partial charge in [0, 0.05) is 18.7 Å².